The number of halogens is 1. The maximum atomic E-state index is 13.0. The van der Waals surface area contributed by atoms with Crippen molar-refractivity contribution in [1.29, 1.82) is 0 Å². The second kappa shape index (κ2) is 6.21. The first-order valence-corrected chi connectivity index (χ1v) is 8.76. The number of ether oxygens (including phenoxy) is 1. The molecule has 2 aromatic carbocycles. The molecule has 0 spiro atoms. The molecule has 0 saturated heterocycles. The largest absolute Gasteiger partial charge is 0.478 e. The van der Waals surface area contributed by atoms with Crippen LogP contribution in [0.1, 0.15) is 0 Å². The molecule has 0 aromatic heterocycles. The number of para-hydroxylation sites is 2. The second-order valence-corrected chi connectivity index (χ2v) is 7.39. The first-order valence-electron chi connectivity index (χ1n) is 6.95. The Hall–Kier alpha value is -2.45. The number of rotatable bonds is 3. The molecule has 1 atom stereocenters. The summed E-state index contributed by atoms with van der Waals surface area (Å²) in [6.45, 7) is -0.113. The van der Waals surface area contributed by atoms with Crippen molar-refractivity contribution < 1.29 is 18.4 Å². The van der Waals surface area contributed by atoms with Gasteiger partial charge in [-0.3, -0.25) is 4.31 Å². The first kappa shape index (κ1) is 16.4. The number of nitrogens with two attached hydrogens (primary N) is 1. The Bertz CT molecular complexity index is 884. The van der Waals surface area contributed by atoms with Crippen LogP contribution in [0.2, 0.25) is 5.02 Å². The minimum Gasteiger partial charge on any atom is -0.478 e. The third-order valence-corrected chi connectivity index (χ3v) is 5.63. The van der Waals surface area contributed by atoms with Crippen LogP contribution in [0.5, 0.6) is 5.75 Å². The summed E-state index contributed by atoms with van der Waals surface area (Å²) in [5, 5.41) is 12.2. The van der Waals surface area contributed by atoms with E-state index in [1.807, 2.05) is 0 Å². The Morgan fingerprint density at radius 3 is 2.58 bits per heavy atom. The highest BCUT2D eigenvalue weighted by Gasteiger charge is 2.36. The average molecular weight is 368 g/mol. The van der Waals surface area contributed by atoms with E-state index in [-0.39, 0.29) is 17.3 Å². The molecule has 1 heterocycles. The minimum absolute atomic E-state index is 0.0851. The van der Waals surface area contributed by atoms with Crippen molar-refractivity contribution >= 4 is 33.1 Å². The molecule has 126 valence electrons. The summed E-state index contributed by atoms with van der Waals surface area (Å²) in [6.07, 6.45) is -0.896. The van der Waals surface area contributed by atoms with Crippen LogP contribution >= 0.6 is 11.6 Å². The second-order valence-electron chi connectivity index (χ2n) is 5.09. The number of hydrogen-bond donors (Lipinski definition) is 2. The van der Waals surface area contributed by atoms with Crippen LogP contribution < -0.4 is 14.8 Å². The van der Waals surface area contributed by atoms with E-state index in [2.05, 4.69) is 5.16 Å². The summed E-state index contributed by atoms with van der Waals surface area (Å²) in [6, 6.07) is 12.5. The number of sulfonamides is 1. The van der Waals surface area contributed by atoms with Gasteiger partial charge in [-0.25, -0.2) is 8.42 Å². The standard InChI is InChI=1S/C15H14ClN3O4S/c16-10-5-7-11(8-6-10)24(21,22)19-9-14(15(17)18-20)23-13-4-2-1-3-12(13)19/h1-8,14,20H,9H2,(H2,17,18)/t14-/m0/s1. The van der Waals surface area contributed by atoms with Gasteiger partial charge in [0, 0.05) is 5.02 Å². The highest BCUT2D eigenvalue weighted by molar-refractivity contribution is 7.92. The van der Waals surface area contributed by atoms with Crippen molar-refractivity contribution in [2.45, 2.75) is 11.0 Å². The summed E-state index contributed by atoms with van der Waals surface area (Å²) < 4.78 is 32.8. The maximum Gasteiger partial charge on any atom is 0.264 e. The van der Waals surface area contributed by atoms with E-state index in [1.54, 1.807) is 24.3 Å². The third kappa shape index (κ3) is 2.85. The molecule has 0 fully saturated rings. The Balaban J connectivity index is 2.09. The molecule has 3 N–H and O–H groups in total. The summed E-state index contributed by atoms with van der Waals surface area (Å²) in [4.78, 5) is 0.0851. The van der Waals surface area contributed by atoms with Crippen molar-refractivity contribution in [3.05, 3.63) is 53.6 Å². The molecule has 0 aliphatic carbocycles. The van der Waals surface area contributed by atoms with Gasteiger partial charge in [0.2, 0.25) is 0 Å². The number of benzene rings is 2. The molecule has 24 heavy (non-hydrogen) atoms. The number of anilines is 1. The summed E-state index contributed by atoms with van der Waals surface area (Å²) in [7, 11) is -3.86. The lowest BCUT2D eigenvalue weighted by atomic mass is 10.2. The molecule has 1 aliphatic rings. The van der Waals surface area contributed by atoms with Gasteiger partial charge in [0.05, 0.1) is 17.1 Å². The van der Waals surface area contributed by atoms with Gasteiger partial charge < -0.3 is 15.7 Å². The van der Waals surface area contributed by atoms with Crippen LogP contribution in [0.4, 0.5) is 5.69 Å². The van der Waals surface area contributed by atoms with Gasteiger partial charge in [-0.2, -0.15) is 0 Å². The normalized spacial score (nSPS) is 18.0. The van der Waals surface area contributed by atoms with Gasteiger partial charge in [-0.05, 0) is 36.4 Å². The highest BCUT2D eigenvalue weighted by Crippen LogP contribution is 2.36. The quantitative estimate of drug-likeness (QED) is 0.374. The van der Waals surface area contributed by atoms with E-state index in [0.29, 0.717) is 16.5 Å². The number of nitrogens with zero attached hydrogens (tertiary/aromatic N) is 2. The fourth-order valence-corrected chi connectivity index (χ4v) is 3.98. The van der Waals surface area contributed by atoms with Crippen molar-refractivity contribution in [3.8, 4) is 5.75 Å². The van der Waals surface area contributed by atoms with Crippen molar-refractivity contribution in [2.75, 3.05) is 10.8 Å². The van der Waals surface area contributed by atoms with Crippen LogP contribution in [-0.2, 0) is 10.0 Å². The Morgan fingerprint density at radius 1 is 1.25 bits per heavy atom. The molecule has 0 bridgehead atoms. The fourth-order valence-electron chi connectivity index (χ4n) is 2.38. The molecule has 0 saturated carbocycles. The zero-order chi connectivity index (χ0) is 17.3. The highest BCUT2D eigenvalue weighted by atomic mass is 35.5. The van der Waals surface area contributed by atoms with E-state index >= 15 is 0 Å². The smallest absolute Gasteiger partial charge is 0.264 e. The van der Waals surface area contributed by atoms with Gasteiger partial charge in [-0.15, -0.1) is 0 Å². The molecule has 0 amide bonds. The third-order valence-electron chi connectivity index (χ3n) is 3.58. The van der Waals surface area contributed by atoms with Gasteiger partial charge in [0.15, 0.2) is 11.9 Å². The van der Waals surface area contributed by atoms with Crippen molar-refractivity contribution in [1.82, 2.24) is 0 Å². The molecule has 0 unspecified atom stereocenters. The van der Waals surface area contributed by atoms with Gasteiger partial charge >= 0.3 is 0 Å². The molecular weight excluding hydrogens is 354 g/mol. The maximum absolute atomic E-state index is 13.0. The van der Waals surface area contributed by atoms with E-state index in [1.165, 1.54) is 28.6 Å². The van der Waals surface area contributed by atoms with E-state index in [9.17, 15) is 8.42 Å². The average Bonchev–Trinajstić information content (AvgIpc) is 2.60. The van der Waals surface area contributed by atoms with Gasteiger partial charge in [0.25, 0.3) is 10.0 Å². The molecular formula is C15H14ClN3O4S. The zero-order valence-electron chi connectivity index (χ0n) is 12.3. The van der Waals surface area contributed by atoms with Crippen LogP contribution in [0, 0.1) is 0 Å². The SMILES string of the molecule is N/C(=N/O)[C@@H]1CN(S(=O)(=O)c2ccc(Cl)cc2)c2ccccc2O1. The van der Waals surface area contributed by atoms with Crippen LogP contribution in [0.25, 0.3) is 0 Å². The molecule has 1 aliphatic heterocycles. The van der Waals surface area contributed by atoms with E-state index in [4.69, 9.17) is 27.3 Å². The molecule has 7 nitrogen and oxygen atoms in total. The number of fused-ring (bicyclic) bond motifs is 1. The molecule has 9 heteroatoms. The Labute approximate surface area is 143 Å². The predicted octanol–water partition coefficient (Wildman–Crippen LogP) is 2.04. The zero-order valence-corrected chi connectivity index (χ0v) is 13.9. The van der Waals surface area contributed by atoms with Crippen molar-refractivity contribution in [2.24, 2.45) is 10.9 Å². The fraction of sp³-hybridized carbons (Fsp3) is 0.133. The van der Waals surface area contributed by atoms with Crippen molar-refractivity contribution in [3.63, 3.8) is 0 Å². The van der Waals surface area contributed by atoms with E-state index in [0.717, 1.165) is 0 Å². The van der Waals surface area contributed by atoms with Gasteiger partial charge in [0.1, 0.15) is 5.75 Å². The van der Waals surface area contributed by atoms with Crippen LogP contribution in [0.15, 0.2) is 58.6 Å². The summed E-state index contributed by atoms with van der Waals surface area (Å²) in [5.74, 6) is 0.124. The summed E-state index contributed by atoms with van der Waals surface area (Å²) in [5.41, 5.74) is 5.99. The van der Waals surface area contributed by atoms with Crippen LogP contribution in [-0.4, -0.2) is 32.1 Å². The Morgan fingerprint density at radius 2 is 1.92 bits per heavy atom. The lowest BCUT2D eigenvalue weighted by molar-refractivity contribution is 0.247. The number of amidine groups is 1. The summed E-state index contributed by atoms with van der Waals surface area (Å²) >= 11 is 5.82. The minimum atomic E-state index is -3.86. The van der Waals surface area contributed by atoms with E-state index < -0.39 is 16.1 Å². The molecule has 2 aromatic rings. The monoisotopic (exact) mass is 367 g/mol. The number of oxime groups is 1. The predicted molar refractivity (Wildman–Crippen MR) is 90.3 cm³/mol. The van der Waals surface area contributed by atoms with Gasteiger partial charge in [-0.1, -0.05) is 28.9 Å². The number of hydrogen-bond acceptors (Lipinski definition) is 5. The van der Waals surface area contributed by atoms with Crippen LogP contribution in [0.3, 0.4) is 0 Å². The lowest BCUT2D eigenvalue weighted by Gasteiger charge is -2.34. The topological polar surface area (TPSA) is 105 Å². The molecule has 0 radical (unpaired) electrons. The lowest BCUT2D eigenvalue weighted by Crippen LogP contribution is -2.49. The first-order chi connectivity index (χ1) is 11.4. The molecule has 3 rings (SSSR count). The Kier molecular flexibility index (Phi) is 4.25.